The zero-order valence-corrected chi connectivity index (χ0v) is 13.4. The molecule has 0 saturated carbocycles. The van der Waals surface area contributed by atoms with Crippen LogP contribution in [0.25, 0.3) is 10.8 Å². The SMILES string of the molecule is O=C(O)NCCCN1CCC(c2cccc3ccccc23)CC1. The van der Waals surface area contributed by atoms with Crippen molar-refractivity contribution < 1.29 is 9.90 Å². The van der Waals surface area contributed by atoms with Crippen molar-refractivity contribution in [3.63, 3.8) is 0 Å². The van der Waals surface area contributed by atoms with E-state index < -0.39 is 6.09 Å². The largest absolute Gasteiger partial charge is 0.465 e. The minimum Gasteiger partial charge on any atom is -0.465 e. The Morgan fingerprint density at radius 1 is 1.13 bits per heavy atom. The van der Waals surface area contributed by atoms with Crippen LogP contribution in [0, 0.1) is 0 Å². The highest BCUT2D eigenvalue weighted by molar-refractivity contribution is 5.86. The molecule has 23 heavy (non-hydrogen) atoms. The molecule has 0 unspecified atom stereocenters. The Bertz CT molecular complexity index is 658. The second kappa shape index (κ2) is 7.47. The Morgan fingerprint density at radius 3 is 2.65 bits per heavy atom. The van der Waals surface area contributed by atoms with Crippen LogP contribution >= 0.6 is 0 Å². The maximum atomic E-state index is 10.4. The van der Waals surface area contributed by atoms with Crippen molar-refractivity contribution in [1.82, 2.24) is 10.2 Å². The normalized spacial score (nSPS) is 16.5. The maximum absolute atomic E-state index is 10.4. The molecule has 0 aromatic heterocycles. The summed E-state index contributed by atoms with van der Waals surface area (Å²) in [7, 11) is 0. The third kappa shape index (κ3) is 4.02. The van der Waals surface area contributed by atoms with E-state index in [1.54, 1.807) is 0 Å². The summed E-state index contributed by atoms with van der Waals surface area (Å²) in [6.45, 7) is 3.71. The van der Waals surface area contributed by atoms with Crippen LogP contribution in [0.15, 0.2) is 42.5 Å². The van der Waals surface area contributed by atoms with Gasteiger partial charge in [-0.15, -0.1) is 0 Å². The molecule has 0 radical (unpaired) electrons. The van der Waals surface area contributed by atoms with E-state index in [1.807, 2.05) is 0 Å². The van der Waals surface area contributed by atoms with Gasteiger partial charge in [-0.1, -0.05) is 42.5 Å². The van der Waals surface area contributed by atoms with Crippen LogP contribution in [-0.2, 0) is 0 Å². The van der Waals surface area contributed by atoms with E-state index in [-0.39, 0.29) is 0 Å². The first-order chi connectivity index (χ1) is 11.2. The van der Waals surface area contributed by atoms with Crippen LogP contribution in [-0.4, -0.2) is 42.3 Å². The van der Waals surface area contributed by atoms with Gasteiger partial charge in [-0.25, -0.2) is 4.79 Å². The Hall–Kier alpha value is -2.07. The molecule has 122 valence electrons. The van der Waals surface area contributed by atoms with Crippen molar-refractivity contribution in [2.75, 3.05) is 26.2 Å². The number of hydrogen-bond donors (Lipinski definition) is 2. The fourth-order valence-electron chi connectivity index (χ4n) is 3.57. The van der Waals surface area contributed by atoms with Gasteiger partial charge in [-0.3, -0.25) is 0 Å². The Balaban J connectivity index is 1.55. The fraction of sp³-hybridized carbons (Fsp3) is 0.421. The average molecular weight is 312 g/mol. The third-order valence-corrected chi connectivity index (χ3v) is 4.78. The van der Waals surface area contributed by atoms with Crippen LogP contribution in [0.3, 0.4) is 0 Å². The predicted molar refractivity (Wildman–Crippen MR) is 93.0 cm³/mol. The molecule has 4 heteroatoms. The lowest BCUT2D eigenvalue weighted by Crippen LogP contribution is -2.35. The number of rotatable bonds is 5. The summed E-state index contributed by atoms with van der Waals surface area (Å²) in [5.41, 5.74) is 1.48. The van der Waals surface area contributed by atoms with Gasteiger partial charge in [-0.2, -0.15) is 0 Å². The molecule has 0 spiro atoms. The number of likely N-dealkylation sites (tertiary alicyclic amines) is 1. The van der Waals surface area contributed by atoms with Crippen LogP contribution in [0.5, 0.6) is 0 Å². The summed E-state index contributed by atoms with van der Waals surface area (Å²) in [4.78, 5) is 12.9. The van der Waals surface area contributed by atoms with E-state index in [0.717, 1.165) is 26.1 Å². The molecule has 1 amide bonds. The topological polar surface area (TPSA) is 52.6 Å². The lowest BCUT2D eigenvalue weighted by Gasteiger charge is -2.32. The lowest BCUT2D eigenvalue weighted by atomic mass is 9.86. The highest BCUT2D eigenvalue weighted by Gasteiger charge is 2.21. The van der Waals surface area contributed by atoms with Gasteiger partial charge in [0.2, 0.25) is 0 Å². The summed E-state index contributed by atoms with van der Waals surface area (Å²) in [6, 6.07) is 15.3. The number of nitrogens with one attached hydrogen (secondary N) is 1. The number of nitrogens with zero attached hydrogens (tertiary/aromatic N) is 1. The van der Waals surface area contributed by atoms with Gasteiger partial charge < -0.3 is 15.3 Å². The van der Waals surface area contributed by atoms with Crippen molar-refractivity contribution in [3.8, 4) is 0 Å². The minimum atomic E-state index is -0.931. The molecule has 0 bridgehead atoms. The van der Waals surface area contributed by atoms with Gasteiger partial charge >= 0.3 is 6.09 Å². The lowest BCUT2D eigenvalue weighted by molar-refractivity contribution is 0.190. The molecule has 1 fully saturated rings. The van der Waals surface area contributed by atoms with Crippen molar-refractivity contribution in [2.24, 2.45) is 0 Å². The maximum Gasteiger partial charge on any atom is 0.404 e. The van der Waals surface area contributed by atoms with Crippen molar-refractivity contribution in [2.45, 2.75) is 25.2 Å². The second-order valence-corrected chi connectivity index (χ2v) is 6.27. The monoisotopic (exact) mass is 312 g/mol. The van der Waals surface area contributed by atoms with Gasteiger partial charge in [0, 0.05) is 6.54 Å². The molecule has 0 atom stereocenters. The highest BCUT2D eigenvalue weighted by atomic mass is 16.4. The van der Waals surface area contributed by atoms with E-state index in [9.17, 15) is 4.79 Å². The first-order valence-electron chi connectivity index (χ1n) is 8.41. The van der Waals surface area contributed by atoms with Gasteiger partial charge in [0.15, 0.2) is 0 Å². The standard InChI is InChI=1S/C19H24N2O2/c22-19(23)20-11-4-12-21-13-9-16(10-14-21)18-8-3-6-15-5-1-2-7-17(15)18/h1-3,5-8,16,20H,4,9-14H2,(H,22,23). The summed E-state index contributed by atoms with van der Waals surface area (Å²) in [6.07, 6.45) is 2.31. The van der Waals surface area contributed by atoms with Gasteiger partial charge in [-0.05, 0) is 61.2 Å². The summed E-state index contributed by atoms with van der Waals surface area (Å²) in [5.74, 6) is 0.634. The smallest absolute Gasteiger partial charge is 0.404 e. The highest BCUT2D eigenvalue weighted by Crippen LogP contribution is 2.32. The van der Waals surface area contributed by atoms with Crippen LogP contribution in [0.4, 0.5) is 4.79 Å². The number of fused-ring (bicyclic) bond motifs is 1. The van der Waals surface area contributed by atoms with Crippen LogP contribution in [0.1, 0.15) is 30.7 Å². The van der Waals surface area contributed by atoms with Crippen molar-refractivity contribution >= 4 is 16.9 Å². The molecule has 1 heterocycles. The molecular weight excluding hydrogens is 288 g/mol. The van der Waals surface area contributed by atoms with Crippen LogP contribution < -0.4 is 5.32 Å². The molecule has 1 saturated heterocycles. The quantitative estimate of drug-likeness (QED) is 0.828. The number of benzene rings is 2. The number of carbonyl (C=O) groups is 1. The molecule has 1 aliphatic heterocycles. The molecule has 0 aliphatic carbocycles. The van der Waals surface area contributed by atoms with E-state index >= 15 is 0 Å². The second-order valence-electron chi connectivity index (χ2n) is 6.27. The van der Waals surface area contributed by atoms with E-state index in [0.29, 0.717) is 12.5 Å². The van der Waals surface area contributed by atoms with Crippen LogP contribution in [0.2, 0.25) is 0 Å². The average Bonchev–Trinajstić information content (AvgIpc) is 2.59. The van der Waals surface area contributed by atoms with Crippen molar-refractivity contribution in [3.05, 3.63) is 48.0 Å². The zero-order valence-electron chi connectivity index (χ0n) is 13.4. The number of piperidine rings is 1. The predicted octanol–water partition coefficient (Wildman–Crippen LogP) is 3.68. The molecule has 1 aliphatic rings. The third-order valence-electron chi connectivity index (χ3n) is 4.78. The summed E-state index contributed by atoms with van der Waals surface area (Å²) in [5, 5.41) is 13.7. The Morgan fingerprint density at radius 2 is 1.87 bits per heavy atom. The van der Waals surface area contributed by atoms with Crippen molar-refractivity contribution in [1.29, 1.82) is 0 Å². The fourth-order valence-corrected chi connectivity index (χ4v) is 3.57. The molecule has 2 N–H and O–H groups in total. The van der Waals surface area contributed by atoms with Gasteiger partial charge in [0.25, 0.3) is 0 Å². The first kappa shape index (κ1) is 15.8. The first-order valence-corrected chi connectivity index (χ1v) is 8.41. The number of carboxylic acid groups (broad SMARTS) is 1. The van der Waals surface area contributed by atoms with Gasteiger partial charge in [0.1, 0.15) is 0 Å². The van der Waals surface area contributed by atoms with E-state index in [2.05, 4.69) is 52.7 Å². The van der Waals surface area contributed by atoms with Gasteiger partial charge in [0.05, 0.1) is 0 Å². The Kier molecular flexibility index (Phi) is 5.13. The summed E-state index contributed by atoms with van der Waals surface area (Å²) >= 11 is 0. The minimum absolute atomic E-state index is 0.540. The Labute approximate surface area is 137 Å². The van der Waals surface area contributed by atoms with E-state index in [4.69, 9.17) is 5.11 Å². The molecule has 4 nitrogen and oxygen atoms in total. The number of amides is 1. The molecule has 2 aromatic rings. The molecular formula is C19H24N2O2. The number of hydrogen-bond acceptors (Lipinski definition) is 2. The summed E-state index contributed by atoms with van der Waals surface area (Å²) < 4.78 is 0. The molecule has 2 aromatic carbocycles. The van der Waals surface area contributed by atoms with E-state index in [1.165, 1.54) is 29.2 Å². The molecule has 3 rings (SSSR count). The zero-order chi connectivity index (χ0) is 16.1.